The summed E-state index contributed by atoms with van der Waals surface area (Å²) in [4.78, 5) is 19.0. The summed E-state index contributed by atoms with van der Waals surface area (Å²) in [5.41, 5.74) is 0. The van der Waals surface area contributed by atoms with Crippen LogP contribution in [0.5, 0.6) is 0 Å². The lowest BCUT2D eigenvalue weighted by Gasteiger charge is -2.36. The SMILES string of the molecule is Cn1cnc([N+](=O)[O-])c1N1CCN(C[C@H]2CCCO2)CC1. The fraction of sp³-hybridized carbons (Fsp3) is 0.769. The second-order valence-electron chi connectivity index (χ2n) is 5.68. The van der Waals surface area contributed by atoms with Crippen molar-refractivity contribution in [3.05, 3.63) is 16.4 Å². The molecule has 21 heavy (non-hydrogen) atoms. The number of hydrogen-bond donors (Lipinski definition) is 0. The molecule has 116 valence electrons. The number of aryl methyl sites for hydroxylation is 1. The first-order chi connectivity index (χ1) is 10.1. The molecule has 0 N–H and O–H groups in total. The molecule has 2 aliphatic rings. The highest BCUT2D eigenvalue weighted by Crippen LogP contribution is 2.27. The maximum absolute atomic E-state index is 11.0. The summed E-state index contributed by atoms with van der Waals surface area (Å²) in [7, 11) is 1.80. The highest BCUT2D eigenvalue weighted by molar-refractivity contribution is 5.54. The van der Waals surface area contributed by atoms with Gasteiger partial charge < -0.3 is 19.8 Å². The minimum absolute atomic E-state index is 0.0509. The zero-order chi connectivity index (χ0) is 14.8. The highest BCUT2D eigenvalue weighted by Gasteiger charge is 2.29. The van der Waals surface area contributed by atoms with Gasteiger partial charge in [-0.3, -0.25) is 9.47 Å². The van der Waals surface area contributed by atoms with Crippen LogP contribution in [0, 0.1) is 10.1 Å². The van der Waals surface area contributed by atoms with Gasteiger partial charge in [0, 0.05) is 46.4 Å². The van der Waals surface area contributed by atoms with Gasteiger partial charge in [-0.25, -0.2) is 0 Å². The van der Waals surface area contributed by atoms with Crippen LogP contribution in [0.2, 0.25) is 0 Å². The molecule has 1 aromatic heterocycles. The molecule has 2 fully saturated rings. The fourth-order valence-corrected chi connectivity index (χ4v) is 3.12. The number of piperazine rings is 1. The molecule has 8 heteroatoms. The van der Waals surface area contributed by atoms with E-state index < -0.39 is 4.92 Å². The highest BCUT2D eigenvalue weighted by atomic mass is 16.6. The largest absolute Gasteiger partial charge is 0.406 e. The molecule has 1 aromatic rings. The first-order valence-electron chi connectivity index (χ1n) is 7.40. The van der Waals surface area contributed by atoms with Crippen LogP contribution in [0.4, 0.5) is 11.6 Å². The van der Waals surface area contributed by atoms with Crippen LogP contribution in [0.25, 0.3) is 0 Å². The van der Waals surface area contributed by atoms with Crippen LogP contribution in [-0.2, 0) is 11.8 Å². The Morgan fingerprint density at radius 3 is 2.81 bits per heavy atom. The third-order valence-corrected chi connectivity index (χ3v) is 4.22. The summed E-state index contributed by atoms with van der Waals surface area (Å²) in [5, 5.41) is 11.0. The maximum atomic E-state index is 11.0. The molecule has 2 saturated heterocycles. The monoisotopic (exact) mass is 295 g/mol. The predicted octanol–water partition coefficient (Wildman–Crippen LogP) is 0.629. The van der Waals surface area contributed by atoms with Crippen molar-refractivity contribution in [2.45, 2.75) is 18.9 Å². The van der Waals surface area contributed by atoms with Crippen LogP contribution in [-0.4, -0.2) is 64.8 Å². The van der Waals surface area contributed by atoms with E-state index in [-0.39, 0.29) is 5.82 Å². The van der Waals surface area contributed by atoms with E-state index in [9.17, 15) is 10.1 Å². The number of hydrogen-bond acceptors (Lipinski definition) is 6. The van der Waals surface area contributed by atoms with Crippen LogP contribution in [0.1, 0.15) is 12.8 Å². The van der Waals surface area contributed by atoms with Crippen LogP contribution in [0.15, 0.2) is 6.33 Å². The Hall–Kier alpha value is -1.67. The third-order valence-electron chi connectivity index (χ3n) is 4.22. The van der Waals surface area contributed by atoms with Gasteiger partial charge in [-0.05, 0) is 22.7 Å². The normalized spacial score (nSPS) is 23.7. The van der Waals surface area contributed by atoms with E-state index in [0.717, 1.165) is 52.2 Å². The molecule has 0 amide bonds. The number of nitrogens with zero attached hydrogens (tertiary/aromatic N) is 5. The molecule has 1 atom stereocenters. The van der Waals surface area contributed by atoms with Crippen molar-refractivity contribution in [2.24, 2.45) is 7.05 Å². The maximum Gasteiger partial charge on any atom is 0.406 e. The van der Waals surface area contributed by atoms with E-state index in [1.807, 2.05) is 0 Å². The predicted molar refractivity (Wildman–Crippen MR) is 77.5 cm³/mol. The molecular weight excluding hydrogens is 274 g/mol. The van der Waals surface area contributed by atoms with E-state index in [1.165, 1.54) is 6.33 Å². The summed E-state index contributed by atoms with van der Waals surface area (Å²) in [6, 6.07) is 0. The Morgan fingerprint density at radius 2 is 2.19 bits per heavy atom. The average Bonchev–Trinajstić information content (AvgIpc) is 3.09. The minimum Gasteiger partial charge on any atom is -0.377 e. The fourth-order valence-electron chi connectivity index (χ4n) is 3.12. The quantitative estimate of drug-likeness (QED) is 0.599. The van der Waals surface area contributed by atoms with Crippen LogP contribution in [0.3, 0.4) is 0 Å². The smallest absolute Gasteiger partial charge is 0.377 e. The number of ether oxygens (including phenoxy) is 1. The lowest BCUT2D eigenvalue weighted by atomic mass is 10.2. The van der Waals surface area contributed by atoms with Gasteiger partial charge >= 0.3 is 5.82 Å². The number of aromatic nitrogens is 2. The van der Waals surface area contributed by atoms with E-state index in [1.54, 1.807) is 11.6 Å². The molecule has 2 aliphatic heterocycles. The first-order valence-corrected chi connectivity index (χ1v) is 7.40. The van der Waals surface area contributed by atoms with Crippen molar-refractivity contribution >= 4 is 11.6 Å². The summed E-state index contributed by atoms with van der Waals surface area (Å²) in [5.74, 6) is 0.557. The molecular formula is C13H21N5O3. The van der Waals surface area contributed by atoms with Gasteiger partial charge in [0.25, 0.3) is 0 Å². The van der Waals surface area contributed by atoms with Crippen LogP contribution >= 0.6 is 0 Å². The molecule has 0 bridgehead atoms. The summed E-state index contributed by atoms with van der Waals surface area (Å²) in [6.07, 6.45) is 4.17. The molecule has 3 heterocycles. The van der Waals surface area contributed by atoms with Gasteiger partial charge in [0.15, 0.2) is 0 Å². The van der Waals surface area contributed by atoms with Crippen LogP contribution < -0.4 is 4.90 Å². The van der Waals surface area contributed by atoms with E-state index in [4.69, 9.17) is 4.74 Å². The number of anilines is 1. The molecule has 0 radical (unpaired) electrons. The Bertz CT molecular complexity index is 504. The van der Waals surface area contributed by atoms with Crippen molar-refractivity contribution in [1.82, 2.24) is 14.5 Å². The molecule has 0 unspecified atom stereocenters. The molecule has 0 spiro atoms. The zero-order valence-corrected chi connectivity index (χ0v) is 12.3. The summed E-state index contributed by atoms with van der Waals surface area (Å²) >= 11 is 0. The topological polar surface area (TPSA) is 76.7 Å². The average molecular weight is 295 g/mol. The third kappa shape index (κ3) is 3.01. The summed E-state index contributed by atoms with van der Waals surface area (Å²) in [6.45, 7) is 5.23. The van der Waals surface area contributed by atoms with Gasteiger partial charge in [-0.2, -0.15) is 0 Å². The second-order valence-corrected chi connectivity index (χ2v) is 5.68. The number of nitro groups is 1. The molecule has 0 saturated carbocycles. The Balaban J connectivity index is 1.60. The molecule has 0 aliphatic carbocycles. The van der Waals surface area contributed by atoms with Crippen molar-refractivity contribution in [2.75, 3.05) is 44.2 Å². The minimum atomic E-state index is -0.409. The Morgan fingerprint density at radius 1 is 1.43 bits per heavy atom. The summed E-state index contributed by atoms with van der Waals surface area (Å²) < 4.78 is 7.40. The standard InChI is InChI=1S/C13H21N5O3/c1-15-10-14-12(18(19)20)13(15)17-6-4-16(5-7-17)9-11-3-2-8-21-11/h10-11H,2-9H2,1H3/t11-/m1/s1. The van der Waals surface area contributed by atoms with E-state index in [0.29, 0.717) is 11.9 Å². The van der Waals surface area contributed by atoms with Gasteiger partial charge in [0.2, 0.25) is 12.1 Å². The van der Waals surface area contributed by atoms with Gasteiger partial charge in [0.05, 0.1) is 6.10 Å². The lowest BCUT2D eigenvalue weighted by molar-refractivity contribution is -0.388. The van der Waals surface area contributed by atoms with E-state index >= 15 is 0 Å². The molecule has 0 aromatic carbocycles. The van der Waals surface area contributed by atoms with E-state index in [2.05, 4.69) is 14.8 Å². The van der Waals surface area contributed by atoms with Crippen molar-refractivity contribution in [3.63, 3.8) is 0 Å². The van der Waals surface area contributed by atoms with Gasteiger partial charge in [-0.1, -0.05) is 0 Å². The lowest BCUT2D eigenvalue weighted by Crippen LogP contribution is -2.49. The molecule has 8 nitrogen and oxygen atoms in total. The zero-order valence-electron chi connectivity index (χ0n) is 12.3. The van der Waals surface area contributed by atoms with Gasteiger partial charge in [-0.15, -0.1) is 0 Å². The molecule has 3 rings (SSSR count). The second kappa shape index (κ2) is 5.98. The Labute approximate surface area is 123 Å². The number of rotatable bonds is 4. The number of imidazole rings is 1. The van der Waals surface area contributed by atoms with Gasteiger partial charge in [0.1, 0.15) is 0 Å². The first kappa shape index (κ1) is 14.3. The van der Waals surface area contributed by atoms with Crippen molar-refractivity contribution in [3.8, 4) is 0 Å². The Kier molecular flexibility index (Phi) is 4.07. The van der Waals surface area contributed by atoms with Crippen molar-refractivity contribution < 1.29 is 9.66 Å². The van der Waals surface area contributed by atoms with Crippen molar-refractivity contribution in [1.29, 1.82) is 0 Å².